The fourth-order valence-electron chi connectivity index (χ4n) is 2.89. The number of esters is 1. The van der Waals surface area contributed by atoms with Crippen LogP contribution in [0.5, 0.6) is 0 Å². The molecule has 0 bridgehead atoms. The standard InChI is InChI=1S/C16H13N5O3/c1-9-10(15(22)24-2)7-20-13(9)14(17-8-18-20)21-12-6-4-3-5-11(12)19-16(21)23/h3-8H,1-2H3,(H,19,23). The Bertz CT molecular complexity index is 1150. The van der Waals surface area contributed by atoms with E-state index in [1.807, 2.05) is 24.3 Å². The van der Waals surface area contributed by atoms with Crippen molar-refractivity contribution in [3.63, 3.8) is 0 Å². The third-order valence-corrected chi connectivity index (χ3v) is 4.01. The first kappa shape index (κ1) is 14.2. The van der Waals surface area contributed by atoms with Gasteiger partial charge in [-0.15, -0.1) is 0 Å². The molecule has 0 radical (unpaired) electrons. The first-order valence-corrected chi connectivity index (χ1v) is 7.23. The summed E-state index contributed by atoms with van der Waals surface area (Å²) < 4.78 is 7.79. The van der Waals surface area contributed by atoms with Crippen LogP contribution in [0.2, 0.25) is 0 Å². The van der Waals surface area contributed by atoms with E-state index in [-0.39, 0.29) is 5.69 Å². The van der Waals surface area contributed by atoms with Crippen molar-refractivity contribution in [1.29, 1.82) is 0 Å². The van der Waals surface area contributed by atoms with Gasteiger partial charge in [-0.25, -0.2) is 23.7 Å². The number of nitrogens with one attached hydrogen (secondary N) is 1. The van der Waals surface area contributed by atoms with Crippen LogP contribution in [0.25, 0.3) is 22.4 Å². The predicted octanol–water partition coefficient (Wildman–Crippen LogP) is 1.46. The Hall–Kier alpha value is -3.42. The van der Waals surface area contributed by atoms with Crippen LogP contribution < -0.4 is 5.69 Å². The third-order valence-electron chi connectivity index (χ3n) is 4.01. The predicted molar refractivity (Wildman–Crippen MR) is 86.5 cm³/mol. The van der Waals surface area contributed by atoms with Crippen LogP contribution in [0.15, 0.2) is 41.6 Å². The molecule has 3 heterocycles. The van der Waals surface area contributed by atoms with Gasteiger partial charge < -0.3 is 9.72 Å². The maximum Gasteiger partial charge on any atom is 0.339 e. The minimum absolute atomic E-state index is 0.308. The van der Waals surface area contributed by atoms with Crippen molar-refractivity contribution in [2.45, 2.75) is 6.92 Å². The van der Waals surface area contributed by atoms with Gasteiger partial charge >= 0.3 is 11.7 Å². The summed E-state index contributed by atoms with van der Waals surface area (Å²) in [6.45, 7) is 1.77. The van der Waals surface area contributed by atoms with E-state index in [9.17, 15) is 9.59 Å². The zero-order valence-electron chi connectivity index (χ0n) is 13.0. The van der Waals surface area contributed by atoms with Gasteiger partial charge in [0.2, 0.25) is 0 Å². The molecule has 8 nitrogen and oxygen atoms in total. The van der Waals surface area contributed by atoms with Gasteiger partial charge in [0.15, 0.2) is 5.82 Å². The number of nitrogens with zero attached hydrogens (tertiary/aromatic N) is 4. The highest BCUT2D eigenvalue weighted by Gasteiger charge is 2.20. The van der Waals surface area contributed by atoms with Gasteiger partial charge in [0.25, 0.3) is 0 Å². The number of rotatable bonds is 2. The van der Waals surface area contributed by atoms with Gasteiger partial charge in [0, 0.05) is 6.20 Å². The normalized spacial score (nSPS) is 11.2. The molecule has 120 valence electrons. The first-order valence-electron chi connectivity index (χ1n) is 7.23. The van der Waals surface area contributed by atoms with Gasteiger partial charge in [0.1, 0.15) is 11.8 Å². The molecule has 24 heavy (non-hydrogen) atoms. The maximum atomic E-state index is 12.4. The summed E-state index contributed by atoms with van der Waals surface area (Å²) in [5.74, 6) is -0.0599. The SMILES string of the molecule is COC(=O)c1cn2ncnc(-n3c(=O)[nH]c4ccccc43)c2c1C. The van der Waals surface area contributed by atoms with Gasteiger partial charge in [-0.05, 0) is 24.6 Å². The lowest BCUT2D eigenvalue weighted by molar-refractivity contribution is 0.0600. The number of hydrogen-bond donors (Lipinski definition) is 1. The molecule has 0 aliphatic heterocycles. The van der Waals surface area contributed by atoms with Gasteiger partial charge in [-0.2, -0.15) is 5.10 Å². The Morgan fingerprint density at radius 1 is 1.29 bits per heavy atom. The number of aromatic nitrogens is 5. The number of ether oxygens (including phenoxy) is 1. The lowest BCUT2D eigenvalue weighted by Gasteiger charge is -2.05. The molecule has 0 amide bonds. The average Bonchev–Trinajstić information content (AvgIpc) is 3.11. The van der Waals surface area contributed by atoms with Crippen LogP contribution in [-0.4, -0.2) is 37.2 Å². The van der Waals surface area contributed by atoms with Crippen molar-refractivity contribution in [3.8, 4) is 5.82 Å². The number of imidazole rings is 1. The average molecular weight is 323 g/mol. The Kier molecular flexibility index (Phi) is 2.99. The van der Waals surface area contributed by atoms with E-state index in [4.69, 9.17) is 4.74 Å². The molecule has 4 rings (SSSR count). The number of carbonyl (C=O) groups is 1. The lowest BCUT2D eigenvalue weighted by atomic mass is 10.2. The number of para-hydroxylation sites is 2. The van der Waals surface area contributed by atoms with E-state index in [0.717, 1.165) is 0 Å². The van der Waals surface area contributed by atoms with E-state index in [1.54, 1.807) is 13.1 Å². The fourth-order valence-corrected chi connectivity index (χ4v) is 2.89. The summed E-state index contributed by atoms with van der Waals surface area (Å²) in [5, 5.41) is 4.13. The monoisotopic (exact) mass is 323 g/mol. The lowest BCUT2D eigenvalue weighted by Crippen LogP contribution is -2.17. The molecule has 1 aromatic carbocycles. The van der Waals surface area contributed by atoms with Crippen LogP contribution in [-0.2, 0) is 4.74 Å². The van der Waals surface area contributed by atoms with Crippen LogP contribution >= 0.6 is 0 Å². The van der Waals surface area contributed by atoms with E-state index < -0.39 is 5.97 Å². The molecule has 0 saturated carbocycles. The van der Waals surface area contributed by atoms with Crippen molar-refractivity contribution in [1.82, 2.24) is 24.1 Å². The third kappa shape index (κ3) is 1.86. The Labute approximate surface area is 135 Å². The van der Waals surface area contributed by atoms with Gasteiger partial charge in [-0.3, -0.25) is 0 Å². The topological polar surface area (TPSA) is 94.3 Å². The number of benzene rings is 1. The summed E-state index contributed by atoms with van der Waals surface area (Å²) in [5.41, 5.74) is 2.70. The number of methoxy groups -OCH3 is 1. The Morgan fingerprint density at radius 2 is 2.08 bits per heavy atom. The van der Waals surface area contributed by atoms with E-state index in [1.165, 1.54) is 22.5 Å². The summed E-state index contributed by atoms with van der Waals surface area (Å²) >= 11 is 0. The number of aryl methyl sites for hydroxylation is 1. The van der Waals surface area contributed by atoms with Crippen LogP contribution in [0.1, 0.15) is 15.9 Å². The second-order valence-corrected chi connectivity index (χ2v) is 5.32. The minimum atomic E-state index is -0.463. The molecular formula is C16H13N5O3. The fraction of sp³-hybridized carbons (Fsp3) is 0.125. The number of aromatic amines is 1. The molecule has 0 aliphatic carbocycles. The number of H-pyrrole nitrogens is 1. The molecule has 3 aromatic heterocycles. The molecular weight excluding hydrogens is 310 g/mol. The zero-order chi connectivity index (χ0) is 16.8. The van der Waals surface area contributed by atoms with E-state index >= 15 is 0 Å². The van der Waals surface area contributed by atoms with Crippen molar-refractivity contribution in [2.75, 3.05) is 7.11 Å². The number of fused-ring (bicyclic) bond motifs is 2. The molecule has 8 heteroatoms. The first-order chi connectivity index (χ1) is 11.6. The summed E-state index contributed by atoms with van der Waals surface area (Å²) in [6.07, 6.45) is 2.92. The quantitative estimate of drug-likeness (QED) is 0.564. The highest BCUT2D eigenvalue weighted by atomic mass is 16.5. The van der Waals surface area contributed by atoms with Crippen molar-refractivity contribution in [3.05, 3.63) is 58.4 Å². The molecule has 0 aliphatic rings. The maximum absolute atomic E-state index is 12.4. The molecule has 0 unspecified atom stereocenters. The summed E-state index contributed by atoms with van der Waals surface area (Å²) in [4.78, 5) is 31.4. The minimum Gasteiger partial charge on any atom is -0.465 e. The Morgan fingerprint density at radius 3 is 2.88 bits per heavy atom. The van der Waals surface area contributed by atoms with Gasteiger partial charge in [-0.1, -0.05) is 12.1 Å². The smallest absolute Gasteiger partial charge is 0.339 e. The summed E-state index contributed by atoms with van der Waals surface area (Å²) in [6, 6.07) is 7.33. The number of hydrogen-bond acceptors (Lipinski definition) is 5. The highest BCUT2D eigenvalue weighted by molar-refractivity contribution is 5.94. The highest BCUT2D eigenvalue weighted by Crippen LogP contribution is 2.23. The molecule has 0 spiro atoms. The Balaban J connectivity index is 2.10. The largest absolute Gasteiger partial charge is 0.465 e. The second-order valence-electron chi connectivity index (χ2n) is 5.32. The van der Waals surface area contributed by atoms with Crippen molar-refractivity contribution in [2.24, 2.45) is 0 Å². The molecule has 1 N–H and O–H groups in total. The van der Waals surface area contributed by atoms with Crippen LogP contribution in [0.3, 0.4) is 0 Å². The number of carbonyl (C=O) groups excluding carboxylic acids is 1. The van der Waals surface area contributed by atoms with Crippen LogP contribution in [0.4, 0.5) is 0 Å². The second kappa shape index (κ2) is 5.05. The summed E-state index contributed by atoms with van der Waals surface area (Å²) in [7, 11) is 1.32. The van der Waals surface area contributed by atoms with E-state index in [2.05, 4.69) is 15.1 Å². The molecule has 4 aromatic rings. The van der Waals surface area contributed by atoms with E-state index in [0.29, 0.717) is 33.5 Å². The zero-order valence-corrected chi connectivity index (χ0v) is 13.0. The van der Waals surface area contributed by atoms with Crippen molar-refractivity contribution < 1.29 is 9.53 Å². The van der Waals surface area contributed by atoms with Crippen molar-refractivity contribution >= 4 is 22.5 Å². The van der Waals surface area contributed by atoms with Gasteiger partial charge in [0.05, 0.1) is 23.7 Å². The molecule has 0 saturated heterocycles. The molecule has 0 fully saturated rings. The van der Waals surface area contributed by atoms with Crippen LogP contribution in [0, 0.1) is 6.92 Å². The molecule has 0 atom stereocenters.